The van der Waals surface area contributed by atoms with Crippen molar-refractivity contribution < 1.29 is 14.4 Å². The topological polar surface area (TPSA) is 78.5 Å². The van der Waals surface area contributed by atoms with Gasteiger partial charge in [-0.3, -0.25) is 9.59 Å². The molecule has 0 spiro atoms. The first-order valence-electron chi connectivity index (χ1n) is 9.06. The van der Waals surface area contributed by atoms with Crippen LogP contribution in [0.15, 0.2) is 54.6 Å². The molecule has 0 atom stereocenters. The standard InChI is InChI=1S/C21H23N3O3/c1-15(25)16-7-9-19(10-8-16)22-20(26)17-11-13-24(14-12-17)21(27)23-18-5-3-2-4-6-18/h2-10,17H,11-14H2,1H3,(H,22,26)(H,23,27). The van der Waals surface area contributed by atoms with Crippen molar-refractivity contribution in [3.05, 3.63) is 60.2 Å². The lowest BCUT2D eigenvalue weighted by atomic mass is 9.96. The number of ketones is 1. The Labute approximate surface area is 158 Å². The van der Waals surface area contributed by atoms with Gasteiger partial charge in [-0.25, -0.2) is 4.79 Å². The maximum absolute atomic E-state index is 12.5. The van der Waals surface area contributed by atoms with E-state index in [-0.39, 0.29) is 23.6 Å². The number of nitrogens with zero attached hydrogens (tertiary/aromatic N) is 1. The predicted molar refractivity (Wildman–Crippen MR) is 105 cm³/mol. The molecule has 27 heavy (non-hydrogen) atoms. The fourth-order valence-corrected chi connectivity index (χ4v) is 3.10. The molecule has 1 fully saturated rings. The molecule has 0 aliphatic carbocycles. The Morgan fingerprint density at radius 1 is 0.852 bits per heavy atom. The summed E-state index contributed by atoms with van der Waals surface area (Å²) in [4.78, 5) is 37.8. The SMILES string of the molecule is CC(=O)c1ccc(NC(=O)C2CCN(C(=O)Nc3ccccc3)CC2)cc1. The smallest absolute Gasteiger partial charge is 0.321 e. The molecule has 140 valence electrons. The summed E-state index contributed by atoms with van der Waals surface area (Å²) in [5, 5.41) is 5.76. The average Bonchev–Trinajstić information content (AvgIpc) is 2.69. The van der Waals surface area contributed by atoms with Gasteiger partial charge in [-0.2, -0.15) is 0 Å². The normalized spacial score (nSPS) is 14.5. The molecule has 0 radical (unpaired) electrons. The number of anilines is 2. The number of urea groups is 1. The maximum atomic E-state index is 12.5. The molecular weight excluding hydrogens is 342 g/mol. The Bertz CT molecular complexity index is 810. The molecule has 2 N–H and O–H groups in total. The van der Waals surface area contributed by atoms with Gasteiger partial charge in [0.25, 0.3) is 0 Å². The number of hydrogen-bond donors (Lipinski definition) is 2. The second-order valence-electron chi connectivity index (χ2n) is 6.68. The molecule has 2 aromatic rings. The first-order valence-corrected chi connectivity index (χ1v) is 9.06. The van der Waals surface area contributed by atoms with Crippen molar-refractivity contribution in [2.24, 2.45) is 5.92 Å². The molecule has 0 aromatic heterocycles. The Morgan fingerprint density at radius 3 is 2.04 bits per heavy atom. The van der Waals surface area contributed by atoms with Crippen molar-refractivity contribution in [3.63, 3.8) is 0 Å². The molecule has 1 aliphatic rings. The monoisotopic (exact) mass is 365 g/mol. The second kappa shape index (κ2) is 8.49. The lowest BCUT2D eigenvalue weighted by molar-refractivity contribution is -0.121. The lowest BCUT2D eigenvalue weighted by Crippen LogP contribution is -2.43. The Balaban J connectivity index is 1.48. The quantitative estimate of drug-likeness (QED) is 0.810. The van der Waals surface area contributed by atoms with Crippen LogP contribution in [0.4, 0.5) is 16.2 Å². The first-order chi connectivity index (χ1) is 13.0. The van der Waals surface area contributed by atoms with E-state index in [4.69, 9.17) is 0 Å². The molecular formula is C21H23N3O3. The molecule has 3 amide bonds. The largest absolute Gasteiger partial charge is 0.326 e. The molecule has 0 bridgehead atoms. The summed E-state index contributed by atoms with van der Waals surface area (Å²) < 4.78 is 0. The highest BCUT2D eigenvalue weighted by atomic mass is 16.2. The van der Waals surface area contributed by atoms with Gasteiger partial charge in [0.15, 0.2) is 5.78 Å². The summed E-state index contributed by atoms with van der Waals surface area (Å²) in [6.07, 6.45) is 1.25. The zero-order valence-electron chi connectivity index (χ0n) is 15.3. The third-order valence-electron chi connectivity index (χ3n) is 4.74. The minimum Gasteiger partial charge on any atom is -0.326 e. The van der Waals surface area contributed by atoms with Crippen molar-refractivity contribution in [1.29, 1.82) is 0 Å². The average molecular weight is 365 g/mol. The molecule has 6 nitrogen and oxygen atoms in total. The van der Waals surface area contributed by atoms with E-state index >= 15 is 0 Å². The van der Waals surface area contributed by atoms with Gasteiger partial charge in [-0.1, -0.05) is 18.2 Å². The van der Waals surface area contributed by atoms with Crippen LogP contribution >= 0.6 is 0 Å². The van der Waals surface area contributed by atoms with Gasteiger partial charge in [-0.15, -0.1) is 0 Å². The van der Waals surface area contributed by atoms with Gasteiger partial charge < -0.3 is 15.5 Å². The van der Waals surface area contributed by atoms with E-state index in [1.807, 2.05) is 30.3 Å². The van der Waals surface area contributed by atoms with Crippen molar-refractivity contribution in [1.82, 2.24) is 4.90 Å². The van der Waals surface area contributed by atoms with Gasteiger partial charge >= 0.3 is 6.03 Å². The third-order valence-corrected chi connectivity index (χ3v) is 4.74. The Morgan fingerprint density at radius 2 is 1.44 bits per heavy atom. The van der Waals surface area contributed by atoms with Crippen LogP contribution < -0.4 is 10.6 Å². The molecule has 1 saturated heterocycles. The number of nitrogens with one attached hydrogen (secondary N) is 2. The fourth-order valence-electron chi connectivity index (χ4n) is 3.10. The summed E-state index contributed by atoms with van der Waals surface area (Å²) in [7, 11) is 0. The van der Waals surface area contributed by atoms with Crippen molar-refractivity contribution in [2.75, 3.05) is 23.7 Å². The minimum absolute atomic E-state index is 0.00553. The molecule has 1 aliphatic heterocycles. The van der Waals surface area contributed by atoms with Crippen molar-refractivity contribution >= 4 is 29.1 Å². The number of rotatable bonds is 4. The number of Topliss-reactive ketones (excluding diaryl/α,β-unsaturated/α-hetero) is 1. The number of likely N-dealkylation sites (tertiary alicyclic amines) is 1. The van der Waals surface area contributed by atoms with Gasteiger partial charge in [0, 0.05) is 35.9 Å². The number of carbonyl (C=O) groups is 3. The van der Waals surface area contributed by atoms with E-state index in [0.717, 1.165) is 5.69 Å². The maximum Gasteiger partial charge on any atom is 0.321 e. The van der Waals surface area contributed by atoms with Gasteiger partial charge in [0.1, 0.15) is 0 Å². The second-order valence-corrected chi connectivity index (χ2v) is 6.68. The Hall–Kier alpha value is -3.15. The van der Waals surface area contributed by atoms with Crippen molar-refractivity contribution in [2.45, 2.75) is 19.8 Å². The number of hydrogen-bond acceptors (Lipinski definition) is 3. The summed E-state index contributed by atoms with van der Waals surface area (Å²) in [6, 6.07) is 16.1. The van der Waals surface area contributed by atoms with Gasteiger partial charge in [0.05, 0.1) is 0 Å². The van der Waals surface area contributed by atoms with Crippen LogP contribution in [-0.4, -0.2) is 35.7 Å². The zero-order chi connectivity index (χ0) is 19.2. The summed E-state index contributed by atoms with van der Waals surface area (Å²) >= 11 is 0. The zero-order valence-corrected chi connectivity index (χ0v) is 15.3. The molecule has 0 saturated carbocycles. The van der Waals surface area contributed by atoms with Crippen LogP contribution in [0.2, 0.25) is 0 Å². The predicted octanol–water partition coefficient (Wildman–Crippen LogP) is 3.77. The van der Waals surface area contributed by atoms with Crippen LogP contribution in [0.25, 0.3) is 0 Å². The van der Waals surface area contributed by atoms with Crippen LogP contribution in [0, 0.1) is 5.92 Å². The van der Waals surface area contributed by atoms with Crippen molar-refractivity contribution in [3.8, 4) is 0 Å². The highest BCUT2D eigenvalue weighted by Gasteiger charge is 2.27. The molecule has 2 aromatic carbocycles. The van der Waals surface area contributed by atoms with E-state index in [9.17, 15) is 14.4 Å². The van der Waals surface area contributed by atoms with E-state index < -0.39 is 0 Å². The summed E-state index contributed by atoms with van der Waals surface area (Å²) in [6.45, 7) is 2.59. The third kappa shape index (κ3) is 4.94. The van der Waals surface area contributed by atoms with Crippen LogP contribution in [-0.2, 0) is 4.79 Å². The van der Waals surface area contributed by atoms with Crippen LogP contribution in [0.5, 0.6) is 0 Å². The number of benzene rings is 2. The number of amides is 3. The lowest BCUT2D eigenvalue weighted by Gasteiger charge is -2.31. The first kappa shape index (κ1) is 18.6. The van der Waals surface area contributed by atoms with E-state index in [1.165, 1.54) is 6.92 Å². The van der Waals surface area contributed by atoms with Gasteiger partial charge in [0.2, 0.25) is 5.91 Å². The van der Waals surface area contributed by atoms with E-state index in [0.29, 0.717) is 37.2 Å². The van der Waals surface area contributed by atoms with Crippen LogP contribution in [0.1, 0.15) is 30.1 Å². The minimum atomic E-state index is -0.139. The van der Waals surface area contributed by atoms with E-state index in [2.05, 4.69) is 10.6 Å². The number of piperidine rings is 1. The highest BCUT2D eigenvalue weighted by molar-refractivity contribution is 5.96. The highest BCUT2D eigenvalue weighted by Crippen LogP contribution is 2.21. The molecule has 1 heterocycles. The fraction of sp³-hybridized carbons (Fsp3) is 0.286. The molecule has 3 rings (SSSR count). The van der Waals surface area contributed by atoms with Gasteiger partial charge in [-0.05, 0) is 56.2 Å². The number of carbonyl (C=O) groups excluding carboxylic acids is 3. The molecule has 6 heteroatoms. The Kier molecular flexibility index (Phi) is 5.86. The number of para-hydroxylation sites is 1. The van der Waals surface area contributed by atoms with Crippen LogP contribution in [0.3, 0.4) is 0 Å². The summed E-state index contributed by atoms with van der Waals surface area (Å²) in [5.74, 6) is -0.180. The molecule has 0 unspecified atom stereocenters. The summed E-state index contributed by atoms with van der Waals surface area (Å²) in [5.41, 5.74) is 2.05. The van der Waals surface area contributed by atoms with E-state index in [1.54, 1.807) is 29.2 Å².